The Kier molecular flexibility index (Phi) is 5.25. The third-order valence-corrected chi connectivity index (χ3v) is 4.95. The van der Waals surface area contributed by atoms with E-state index in [1.807, 2.05) is 11.7 Å². The summed E-state index contributed by atoms with van der Waals surface area (Å²) in [5.41, 5.74) is 1.97. The molecule has 2 unspecified atom stereocenters. The fraction of sp³-hybridized carbons (Fsp3) is 0.750. The predicted octanol–water partition coefficient (Wildman–Crippen LogP) is 3.96. The molecule has 112 valence electrons. The first-order chi connectivity index (χ1) is 9.56. The van der Waals surface area contributed by atoms with Crippen molar-refractivity contribution in [2.24, 2.45) is 18.9 Å². The molecule has 2 rings (SSSR count). The summed E-state index contributed by atoms with van der Waals surface area (Å²) in [6.45, 7) is 4.28. The molecule has 3 nitrogen and oxygen atoms in total. The van der Waals surface area contributed by atoms with Gasteiger partial charge in [0.25, 0.3) is 0 Å². The van der Waals surface area contributed by atoms with E-state index in [0.717, 1.165) is 48.5 Å². The Morgan fingerprint density at radius 1 is 1.40 bits per heavy atom. The van der Waals surface area contributed by atoms with Crippen molar-refractivity contribution < 1.29 is 4.79 Å². The second kappa shape index (κ2) is 6.75. The molecule has 0 bridgehead atoms. The first-order valence-corrected chi connectivity index (χ1v) is 8.17. The number of hydrogen-bond donors (Lipinski definition) is 0. The standard InChI is InChI=1S/C16H25ClN2O/c1-4-6-11-7-8-15(20)12(9-11)10-14-16(17)13(5-2)18-19(14)3/h11-12H,4-10H2,1-3H3. The molecule has 0 aliphatic heterocycles. The van der Waals surface area contributed by atoms with Gasteiger partial charge in [0, 0.05) is 25.8 Å². The van der Waals surface area contributed by atoms with Gasteiger partial charge in [-0.2, -0.15) is 5.10 Å². The summed E-state index contributed by atoms with van der Waals surface area (Å²) in [4.78, 5) is 12.2. The minimum absolute atomic E-state index is 0.137. The summed E-state index contributed by atoms with van der Waals surface area (Å²) in [6, 6.07) is 0. The van der Waals surface area contributed by atoms with E-state index in [-0.39, 0.29) is 5.92 Å². The maximum absolute atomic E-state index is 12.2. The van der Waals surface area contributed by atoms with Crippen molar-refractivity contribution in [1.29, 1.82) is 0 Å². The quantitative estimate of drug-likeness (QED) is 0.824. The molecular formula is C16H25ClN2O. The highest BCUT2D eigenvalue weighted by Gasteiger charge is 2.30. The average Bonchev–Trinajstić information content (AvgIpc) is 2.70. The highest BCUT2D eigenvalue weighted by Crippen LogP contribution is 2.33. The molecule has 1 saturated carbocycles. The van der Waals surface area contributed by atoms with Crippen LogP contribution in [0.25, 0.3) is 0 Å². The first kappa shape index (κ1) is 15.6. The van der Waals surface area contributed by atoms with Gasteiger partial charge in [0.1, 0.15) is 5.78 Å². The molecule has 1 fully saturated rings. The number of aryl methyl sites for hydroxylation is 2. The number of halogens is 1. The zero-order valence-corrected chi connectivity index (χ0v) is 13.5. The number of Topliss-reactive ketones (excluding diaryl/α,β-unsaturated/α-hetero) is 1. The number of ketones is 1. The minimum atomic E-state index is 0.137. The molecule has 20 heavy (non-hydrogen) atoms. The van der Waals surface area contributed by atoms with Gasteiger partial charge >= 0.3 is 0 Å². The van der Waals surface area contributed by atoms with E-state index < -0.39 is 0 Å². The van der Waals surface area contributed by atoms with Crippen LogP contribution in [0.4, 0.5) is 0 Å². The van der Waals surface area contributed by atoms with E-state index in [1.165, 1.54) is 12.8 Å². The number of carbonyl (C=O) groups excluding carboxylic acids is 1. The summed E-state index contributed by atoms with van der Waals surface area (Å²) >= 11 is 6.40. The van der Waals surface area contributed by atoms with Gasteiger partial charge in [-0.15, -0.1) is 0 Å². The van der Waals surface area contributed by atoms with E-state index in [9.17, 15) is 4.79 Å². The third-order valence-electron chi connectivity index (χ3n) is 4.51. The Morgan fingerprint density at radius 2 is 2.15 bits per heavy atom. The van der Waals surface area contributed by atoms with Gasteiger partial charge < -0.3 is 0 Å². The summed E-state index contributed by atoms with van der Waals surface area (Å²) in [5.74, 6) is 1.26. The number of hydrogen-bond acceptors (Lipinski definition) is 2. The molecule has 1 aliphatic carbocycles. The van der Waals surface area contributed by atoms with Gasteiger partial charge in [-0.3, -0.25) is 9.48 Å². The van der Waals surface area contributed by atoms with Crippen LogP contribution >= 0.6 is 11.6 Å². The zero-order chi connectivity index (χ0) is 14.7. The van der Waals surface area contributed by atoms with Crippen LogP contribution in [0.1, 0.15) is 57.3 Å². The fourth-order valence-electron chi connectivity index (χ4n) is 3.34. The maximum atomic E-state index is 12.2. The molecule has 0 amide bonds. The van der Waals surface area contributed by atoms with Crippen molar-refractivity contribution in [2.75, 3.05) is 0 Å². The van der Waals surface area contributed by atoms with E-state index in [0.29, 0.717) is 11.7 Å². The summed E-state index contributed by atoms with van der Waals surface area (Å²) < 4.78 is 1.86. The molecule has 0 saturated heterocycles. The third kappa shape index (κ3) is 3.25. The summed E-state index contributed by atoms with van der Waals surface area (Å²) in [6.07, 6.45) is 6.87. The molecule has 1 aliphatic rings. The van der Waals surface area contributed by atoms with Gasteiger partial charge in [-0.1, -0.05) is 38.3 Å². The topological polar surface area (TPSA) is 34.9 Å². The Balaban J connectivity index is 2.11. The van der Waals surface area contributed by atoms with Crippen molar-refractivity contribution in [3.63, 3.8) is 0 Å². The van der Waals surface area contributed by atoms with Gasteiger partial charge in [0.2, 0.25) is 0 Å². The predicted molar refractivity (Wildman–Crippen MR) is 82.0 cm³/mol. The van der Waals surface area contributed by atoms with Crippen LogP contribution in [0.15, 0.2) is 0 Å². The monoisotopic (exact) mass is 296 g/mol. The largest absolute Gasteiger partial charge is 0.299 e. The zero-order valence-electron chi connectivity index (χ0n) is 12.8. The minimum Gasteiger partial charge on any atom is -0.299 e. The number of nitrogens with zero attached hydrogens (tertiary/aromatic N) is 2. The van der Waals surface area contributed by atoms with Gasteiger partial charge in [0.15, 0.2) is 0 Å². The molecule has 1 aromatic rings. The van der Waals surface area contributed by atoms with E-state index in [4.69, 9.17) is 11.6 Å². The maximum Gasteiger partial charge on any atom is 0.136 e. The number of carbonyl (C=O) groups is 1. The second-order valence-electron chi connectivity index (χ2n) is 5.98. The molecule has 2 atom stereocenters. The number of rotatable bonds is 5. The molecule has 0 radical (unpaired) electrons. The van der Waals surface area contributed by atoms with E-state index in [2.05, 4.69) is 18.9 Å². The van der Waals surface area contributed by atoms with Crippen molar-refractivity contribution in [2.45, 2.75) is 58.8 Å². The Bertz CT molecular complexity index is 481. The lowest BCUT2D eigenvalue weighted by Gasteiger charge is -2.28. The molecule has 4 heteroatoms. The van der Waals surface area contributed by atoms with Crippen LogP contribution in [0.3, 0.4) is 0 Å². The van der Waals surface area contributed by atoms with E-state index in [1.54, 1.807) is 0 Å². The fourth-order valence-corrected chi connectivity index (χ4v) is 3.72. The van der Waals surface area contributed by atoms with Crippen molar-refractivity contribution in [3.8, 4) is 0 Å². The Hall–Kier alpha value is -0.830. The van der Waals surface area contributed by atoms with Crippen LogP contribution in [-0.4, -0.2) is 15.6 Å². The Labute approximate surface area is 126 Å². The summed E-state index contributed by atoms with van der Waals surface area (Å²) in [5, 5.41) is 5.21. The highest BCUT2D eigenvalue weighted by molar-refractivity contribution is 6.31. The normalized spacial score (nSPS) is 23.3. The lowest BCUT2D eigenvalue weighted by Crippen LogP contribution is -2.27. The smallest absolute Gasteiger partial charge is 0.136 e. The van der Waals surface area contributed by atoms with Gasteiger partial charge in [-0.25, -0.2) is 0 Å². The molecule has 0 N–H and O–H groups in total. The molecule has 0 aromatic carbocycles. The highest BCUT2D eigenvalue weighted by atomic mass is 35.5. The molecule has 1 heterocycles. The summed E-state index contributed by atoms with van der Waals surface area (Å²) in [7, 11) is 1.93. The molecule has 0 spiro atoms. The first-order valence-electron chi connectivity index (χ1n) is 7.79. The van der Waals surface area contributed by atoms with Crippen LogP contribution in [-0.2, 0) is 24.7 Å². The van der Waals surface area contributed by atoms with Gasteiger partial charge in [-0.05, 0) is 25.2 Å². The van der Waals surface area contributed by atoms with Gasteiger partial charge in [0.05, 0.1) is 16.4 Å². The van der Waals surface area contributed by atoms with Crippen molar-refractivity contribution >= 4 is 17.4 Å². The van der Waals surface area contributed by atoms with Crippen LogP contribution in [0.2, 0.25) is 5.02 Å². The van der Waals surface area contributed by atoms with Crippen LogP contribution in [0.5, 0.6) is 0 Å². The second-order valence-corrected chi connectivity index (χ2v) is 6.36. The molecular weight excluding hydrogens is 272 g/mol. The Morgan fingerprint density at radius 3 is 2.75 bits per heavy atom. The van der Waals surface area contributed by atoms with Crippen molar-refractivity contribution in [1.82, 2.24) is 9.78 Å². The average molecular weight is 297 g/mol. The van der Waals surface area contributed by atoms with Crippen LogP contribution in [0, 0.1) is 11.8 Å². The van der Waals surface area contributed by atoms with E-state index >= 15 is 0 Å². The van der Waals surface area contributed by atoms with Crippen molar-refractivity contribution in [3.05, 3.63) is 16.4 Å². The number of aromatic nitrogens is 2. The van der Waals surface area contributed by atoms with Crippen LogP contribution < -0.4 is 0 Å². The lowest BCUT2D eigenvalue weighted by atomic mass is 9.77. The molecule has 1 aromatic heterocycles. The lowest BCUT2D eigenvalue weighted by molar-refractivity contribution is -0.125. The SMILES string of the molecule is CCCC1CCC(=O)C(Cc2c(Cl)c(CC)nn2C)C1.